The van der Waals surface area contributed by atoms with Crippen molar-refractivity contribution in [3.8, 4) is 11.5 Å². The Morgan fingerprint density at radius 1 is 1.05 bits per heavy atom. The first kappa shape index (κ1) is 16.5. The van der Waals surface area contributed by atoms with Crippen molar-refractivity contribution in [3.05, 3.63) is 52.5 Å². The van der Waals surface area contributed by atoms with Crippen LogP contribution in [-0.4, -0.2) is 19.1 Å². The van der Waals surface area contributed by atoms with Gasteiger partial charge in [-0.15, -0.1) is 0 Å². The summed E-state index contributed by atoms with van der Waals surface area (Å²) in [6, 6.07) is 12.3. The highest BCUT2D eigenvalue weighted by Gasteiger charge is 2.06. The van der Waals surface area contributed by atoms with Gasteiger partial charge in [0.25, 0.3) is 0 Å². The minimum Gasteiger partial charge on any atom is -0.490 e. The van der Waals surface area contributed by atoms with Crippen molar-refractivity contribution in [1.29, 1.82) is 0 Å². The number of carbonyl (C=O) groups excluding carboxylic acids is 1. The van der Waals surface area contributed by atoms with E-state index in [0.29, 0.717) is 40.4 Å². The molecule has 0 aliphatic carbocycles. The van der Waals surface area contributed by atoms with Crippen molar-refractivity contribution in [2.24, 2.45) is 0 Å². The van der Waals surface area contributed by atoms with Crippen molar-refractivity contribution < 1.29 is 14.3 Å². The summed E-state index contributed by atoms with van der Waals surface area (Å²) in [6.07, 6.45) is 0. The number of amides is 1. The zero-order valence-electron chi connectivity index (χ0n) is 11.9. The van der Waals surface area contributed by atoms with E-state index >= 15 is 0 Å². The molecule has 0 atom stereocenters. The van der Waals surface area contributed by atoms with E-state index in [4.69, 9.17) is 32.7 Å². The van der Waals surface area contributed by atoms with Crippen LogP contribution < -0.4 is 14.8 Å². The maximum Gasteiger partial charge on any atom is 0.221 e. The summed E-state index contributed by atoms with van der Waals surface area (Å²) < 4.78 is 11.1. The highest BCUT2D eigenvalue weighted by atomic mass is 35.5. The molecule has 0 aromatic heterocycles. The SMILES string of the molecule is CC(=O)Nc1cccc(OCCOc2c(Cl)cccc2Cl)c1. The van der Waals surface area contributed by atoms with Gasteiger partial charge in [0, 0.05) is 18.7 Å². The molecule has 0 heterocycles. The predicted octanol–water partition coefficient (Wildman–Crippen LogP) is 4.41. The van der Waals surface area contributed by atoms with Crippen LogP contribution >= 0.6 is 23.2 Å². The van der Waals surface area contributed by atoms with Crippen LogP contribution in [0.5, 0.6) is 11.5 Å². The lowest BCUT2D eigenvalue weighted by Gasteiger charge is -2.11. The molecule has 0 saturated heterocycles. The number of carbonyl (C=O) groups is 1. The van der Waals surface area contributed by atoms with Gasteiger partial charge in [-0.1, -0.05) is 35.3 Å². The second-order valence-corrected chi connectivity index (χ2v) is 5.27. The molecule has 6 heteroatoms. The number of benzene rings is 2. The van der Waals surface area contributed by atoms with Crippen LogP contribution in [0.4, 0.5) is 5.69 Å². The lowest BCUT2D eigenvalue weighted by Crippen LogP contribution is -2.10. The van der Waals surface area contributed by atoms with Gasteiger partial charge in [-0.3, -0.25) is 4.79 Å². The average molecular weight is 340 g/mol. The number of nitrogens with one attached hydrogen (secondary N) is 1. The second-order valence-electron chi connectivity index (χ2n) is 4.46. The third-order valence-electron chi connectivity index (χ3n) is 2.67. The molecule has 2 aromatic rings. The Kier molecular flexibility index (Phi) is 5.92. The number of para-hydroxylation sites is 1. The Labute approximate surface area is 138 Å². The van der Waals surface area contributed by atoms with E-state index in [1.54, 1.807) is 42.5 Å². The first-order valence-electron chi connectivity index (χ1n) is 6.63. The fraction of sp³-hybridized carbons (Fsp3) is 0.188. The van der Waals surface area contributed by atoms with E-state index in [-0.39, 0.29) is 5.91 Å². The molecule has 0 aliphatic rings. The fourth-order valence-electron chi connectivity index (χ4n) is 1.79. The van der Waals surface area contributed by atoms with E-state index in [0.717, 1.165) is 0 Å². The Morgan fingerprint density at radius 3 is 2.36 bits per heavy atom. The molecule has 2 rings (SSSR count). The maximum atomic E-state index is 11.0. The number of rotatable bonds is 6. The van der Waals surface area contributed by atoms with Crippen molar-refractivity contribution in [1.82, 2.24) is 0 Å². The summed E-state index contributed by atoms with van der Waals surface area (Å²) in [5.74, 6) is 0.954. The van der Waals surface area contributed by atoms with Gasteiger partial charge in [0.2, 0.25) is 5.91 Å². The molecule has 4 nitrogen and oxygen atoms in total. The maximum absolute atomic E-state index is 11.0. The highest BCUT2D eigenvalue weighted by Crippen LogP contribution is 2.32. The van der Waals surface area contributed by atoms with Gasteiger partial charge < -0.3 is 14.8 Å². The van der Waals surface area contributed by atoms with Crippen LogP contribution in [0.15, 0.2) is 42.5 Å². The minimum atomic E-state index is -0.131. The molecular weight excluding hydrogens is 325 g/mol. The molecular formula is C16H15Cl2NO3. The van der Waals surface area contributed by atoms with Crippen molar-refractivity contribution in [2.75, 3.05) is 18.5 Å². The summed E-state index contributed by atoms with van der Waals surface area (Å²) in [6.45, 7) is 2.08. The Balaban J connectivity index is 1.85. The van der Waals surface area contributed by atoms with Crippen LogP contribution in [0, 0.1) is 0 Å². The van der Waals surface area contributed by atoms with E-state index in [9.17, 15) is 4.79 Å². The standard InChI is InChI=1S/C16H15Cl2NO3/c1-11(20)19-12-4-2-5-13(10-12)21-8-9-22-16-14(17)6-3-7-15(16)18/h2-7,10H,8-9H2,1H3,(H,19,20). The van der Waals surface area contributed by atoms with Gasteiger partial charge in [0.1, 0.15) is 19.0 Å². The average Bonchev–Trinajstić information content (AvgIpc) is 2.45. The third kappa shape index (κ3) is 4.83. The highest BCUT2D eigenvalue weighted by molar-refractivity contribution is 6.37. The van der Waals surface area contributed by atoms with Gasteiger partial charge in [0.05, 0.1) is 10.0 Å². The summed E-state index contributed by atoms with van der Waals surface area (Å²) in [5.41, 5.74) is 0.681. The van der Waals surface area contributed by atoms with E-state index < -0.39 is 0 Å². The second kappa shape index (κ2) is 7.92. The molecule has 0 saturated carbocycles. The van der Waals surface area contributed by atoms with Gasteiger partial charge in [0.15, 0.2) is 5.75 Å². The van der Waals surface area contributed by atoms with Gasteiger partial charge in [-0.05, 0) is 24.3 Å². The molecule has 0 unspecified atom stereocenters. The molecule has 2 aromatic carbocycles. The number of anilines is 1. The number of halogens is 2. The molecule has 0 fully saturated rings. The molecule has 1 N–H and O–H groups in total. The summed E-state index contributed by atoms with van der Waals surface area (Å²) in [4.78, 5) is 11.0. The monoisotopic (exact) mass is 339 g/mol. The lowest BCUT2D eigenvalue weighted by molar-refractivity contribution is -0.114. The van der Waals surface area contributed by atoms with Crippen molar-refractivity contribution in [3.63, 3.8) is 0 Å². The molecule has 0 aliphatic heterocycles. The van der Waals surface area contributed by atoms with Gasteiger partial charge in [-0.2, -0.15) is 0 Å². The smallest absolute Gasteiger partial charge is 0.221 e. The molecule has 0 radical (unpaired) electrons. The van der Waals surface area contributed by atoms with Crippen LogP contribution in [-0.2, 0) is 4.79 Å². The lowest BCUT2D eigenvalue weighted by atomic mass is 10.3. The molecule has 22 heavy (non-hydrogen) atoms. The van der Waals surface area contributed by atoms with Crippen LogP contribution in [0.3, 0.4) is 0 Å². The fourth-order valence-corrected chi connectivity index (χ4v) is 2.30. The first-order chi connectivity index (χ1) is 10.6. The van der Waals surface area contributed by atoms with E-state index in [1.807, 2.05) is 0 Å². The third-order valence-corrected chi connectivity index (χ3v) is 3.27. The van der Waals surface area contributed by atoms with Crippen LogP contribution in [0.1, 0.15) is 6.92 Å². The zero-order valence-corrected chi connectivity index (χ0v) is 13.4. The molecule has 0 bridgehead atoms. The van der Waals surface area contributed by atoms with Crippen molar-refractivity contribution >= 4 is 34.8 Å². The first-order valence-corrected chi connectivity index (χ1v) is 7.39. The van der Waals surface area contributed by atoms with Gasteiger partial charge >= 0.3 is 0 Å². The minimum absolute atomic E-state index is 0.131. The quantitative estimate of drug-likeness (QED) is 0.793. The Bertz CT molecular complexity index is 641. The normalized spacial score (nSPS) is 10.1. The van der Waals surface area contributed by atoms with Crippen LogP contribution in [0.25, 0.3) is 0 Å². The number of hydrogen-bond donors (Lipinski definition) is 1. The Hall–Kier alpha value is -1.91. The Morgan fingerprint density at radius 2 is 1.68 bits per heavy atom. The predicted molar refractivity (Wildman–Crippen MR) is 88.2 cm³/mol. The molecule has 1 amide bonds. The zero-order chi connectivity index (χ0) is 15.9. The van der Waals surface area contributed by atoms with E-state index in [1.165, 1.54) is 6.92 Å². The number of ether oxygens (including phenoxy) is 2. The largest absolute Gasteiger partial charge is 0.490 e. The topological polar surface area (TPSA) is 47.6 Å². The molecule has 116 valence electrons. The summed E-state index contributed by atoms with van der Waals surface area (Å²) in [5, 5.41) is 3.61. The number of hydrogen-bond acceptors (Lipinski definition) is 3. The van der Waals surface area contributed by atoms with E-state index in [2.05, 4.69) is 5.32 Å². The summed E-state index contributed by atoms with van der Waals surface area (Å²) >= 11 is 12.0. The summed E-state index contributed by atoms with van der Waals surface area (Å²) in [7, 11) is 0. The molecule has 0 spiro atoms. The van der Waals surface area contributed by atoms with Crippen LogP contribution in [0.2, 0.25) is 10.0 Å². The van der Waals surface area contributed by atoms with Gasteiger partial charge in [-0.25, -0.2) is 0 Å². The van der Waals surface area contributed by atoms with Crippen molar-refractivity contribution in [2.45, 2.75) is 6.92 Å².